The highest BCUT2D eigenvalue weighted by atomic mass is 16.2. The molecule has 1 unspecified atom stereocenters. The fourth-order valence-corrected chi connectivity index (χ4v) is 3.94. The summed E-state index contributed by atoms with van der Waals surface area (Å²) < 4.78 is 2.06. The number of imidazole rings is 1. The van der Waals surface area contributed by atoms with Crippen LogP contribution in [0, 0.1) is 5.92 Å². The largest absolute Gasteiger partial charge is 0.342 e. The number of pyridine rings is 1. The maximum Gasteiger partial charge on any atom is 0.225 e. The molecule has 2 aliphatic rings. The highest BCUT2D eigenvalue weighted by Crippen LogP contribution is 2.32. The van der Waals surface area contributed by atoms with Gasteiger partial charge < -0.3 is 4.90 Å². The molecule has 132 valence electrons. The second-order valence-electron chi connectivity index (χ2n) is 7.24. The normalized spacial score (nSPS) is 21.2. The Labute approximate surface area is 149 Å². The lowest BCUT2D eigenvalue weighted by Gasteiger charge is -2.37. The number of aryl methyl sites for hydroxylation is 1. The van der Waals surface area contributed by atoms with Gasteiger partial charge in [-0.05, 0) is 37.8 Å². The molecule has 1 atom stereocenters. The van der Waals surface area contributed by atoms with Crippen molar-refractivity contribution in [1.82, 2.24) is 19.4 Å². The zero-order chi connectivity index (χ0) is 17.2. The highest BCUT2D eigenvalue weighted by molar-refractivity contribution is 5.79. The molecule has 5 nitrogen and oxygen atoms in total. The molecule has 5 heteroatoms. The van der Waals surface area contributed by atoms with Crippen molar-refractivity contribution in [3.8, 4) is 5.82 Å². The average Bonchev–Trinajstić information content (AvgIpc) is 3.09. The molecule has 4 rings (SSSR count). The van der Waals surface area contributed by atoms with Crippen LogP contribution in [0.2, 0.25) is 0 Å². The van der Waals surface area contributed by atoms with E-state index in [1.165, 1.54) is 6.42 Å². The van der Waals surface area contributed by atoms with Crippen LogP contribution < -0.4 is 0 Å². The molecule has 1 aliphatic carbocycles. The van der Waals surface area contributed by atoms with Crippen LogP contribution in [0.5, 0.6) is 0 Å². The summed E-state index contributed by atoms with van der Waals surface area (Å²) in [5.41, 5.74) is 1.10. The molecule has 1 saturated carbocycles. The minimum absolute atomic E-state index is 0.288. The van der Waals surface area contributed by atoms with E-state index in [-0.39, 0.29) is 5.92 Å². The van der Waals surface area contributed by atoms with Crippen LogP contribution in [0.25, 0.3) is 5.82 Å². The Morgan fingerprint density at radius 1 is 1.24 bits per heavy atom. The zero-order valence-corrected chi connectivity index (χ0v) is 14.9. The number of hydrogen-bond donors (Lipinski definition) is 0. The Bertz CT molecular complexity index is 750. The number of nitrogens with zero attached hydrogens (tertiary/aromatic N) is 4. The van der Waals surface area contributed by atoms with Crippen LogP contribution in [0.1, 0.15) is 56.5 Å². The first-order valence-electron chi connectivity index (χ1n) is 9.54. The summed E-state index contributed by atoms with van der Waals surface area (Å²) in [7, 11) is 0. The summed E-state index contributed by atoms with van der Waals surface area (Å²) in [6.45, 7) is 3.83. The number of amides is 1. The number of rotatable bonds is 4. The lowest BCUT2D eigenvalue weighted by atomic mass is 9.83. The lowest BCUT2D eigenvalue weighted by molar-refractivity contribution is -0.139. The zero-order valence-electron chi connectivity index (χ0n) is 14.9. The predicted molar refractivity (Wildman–Crippen MR) is 96.6 cm³/mol. The fraction of sp³-hybridized carbons (Fsp3) is 0.550. The predicted octanol–water partition coefficient (Wildman–Crippen LogP) is 3.34. The van der Waals surface area contributed by atoms with Gasteiger partial charge in [0.2, 0.25) is 5.91 Å². The second kappa shape index (κ2) is 6.98. The van der Waals surface area contributed by atoms with Crippen molar-refractivity contribution in [3.63, 3.8) is 0 Å². The van der Waals surface area contributed by atoms with Crippen molar-refractivity contribution >= 4 is 5.91 Å². The second-order valence-corrected chi connectivity index (χ2v) is 7.24. The molecule has 0 spiro atoms. The van der Waals surface area contributed by atoms with Gasteiger partial charge in [-0.2, -0.15) is 0 Å². The molecular weight excluding hydrogens is 312 g/mol. The summed E-state index contributed by atoms with van der Waals surface area (Å²) in [5, 5.41) is 0. The van der Waals surface area contributed by atoms with Crippen LogP contribution in [0.4, 0.5) is 0 Å². The lowest BCUT2D eigenvalue weighted by Crippen LogP contribution is -2.44. The fourth-order valence-electron chi connectivity index (χ4n) is 3.94. The van der Waals surface area contributed by atoms with Gasteiger partial charge in [0, 0.05) is 49.4 Å². The molecule has 25 heavy (non-hydrogen) atoms. The quantitative estimate of drug-likeness (QED) is 0.859. The Morgan fingerprint density at radius 2 is 2.12 bits per heavy atom. The highest BCUT2D eigenvalue weighted by Gasteiger charge is 2.32. The molecular formula is C20H26N4O. The van der Waals surface area contributed by atoms with E-state index in [1.54, 1.807) is 0 Å². The maximum absolute atomic E-state index is 12.6. The summed E-state index contributed by atoms with van der Waals surface area (Å²) >= 11 is 0. The van der Waals surface area contributed by atoms with Crippen molar-refractivity contribution in [2.24, 2.45) is 5.92 Å². The van der Waals surface area contributed by atoms with Gasteiger partial charge in [0.25, 0.3) is 0 Å². The van der Waals surface area contributed by atoms with E-state index in [2.05, 4.69) is 33.5 Å². The number of hydrogen-bond acceptors (Lipinski definition) is 3. The van der Waals surface area contributed by atoms with Crippen molar-refractivity contribution in [2.75, 3.05) is 13.1 Å². The number of carbonyl (C=O) groups excluding carboxylic acids is 1. The van der Waals surface area contributed by atoms with Gasteiger partial charge in [0.1, 0.15) is 11.6 Å². The number of carbonyl (C=O) groups is 1. The van der Waals surface area contributed by atoms with E-state index in [0.29, 0.717) is 11.8 Å². The molecule has 1 amide bonds. The molecule has 0 radical (unpaired) electrons. The SMILES string of the molecule is CCc1nccn1-c1cccc(C2CCCN(C(=O)C3CCC3)C2)n1. The molecule has 2 fully saturated rings. The molecule has 2 aromatic heterocycles. The van der Waals surface area contributed by atoms with Gasteiger partial charge in [0.05, 0.1) is 0 Å². The summed E-state index contributed by atoms with van der Waals surface area (Å²) in [6.07, 6.45) is 10.2. The minimum Gasteiger partial charge on any atom is -0.342 e. The van der Waals surface area contributed by atoms with Crippen molar-refractivity contribution in [3.05, 3.63) is 42.1 Å². The van der Waals surface area contributed by atoms with Crippen LogP contribution in [0.3, 0.4) is 0 Å². The molecule has 0 aromatic carbocycles. The smallest absolute Gasteiger partial charge is 0.225 e. The Morgan fingerprint density at radius 3 is 2.88 bits per heavy atom. The van der Waals surface area contributed by atoms with E-state index < -0.39 is 0 Å². The monoisotopic (exact) mass is 338 g/mol. The third-order valence-corrected chi connectivity index (χ3v) is 5.64. The summed E-state index contributed by atoms with van der Waals surface area (Å²) in [4.78, 5) is 24.0. The summed E-state index contributed by atoms with van der Waals surface area (Å²) in [6, 6.07) is 6.21. The Kier molecular flexibility index (Phi) is 4.55. The third-order valence-electron chi connectivity index (χ3n) is 5.64. The van der Waals surface area contributed by atoms with Crippen LogP contribution in [-0.2, 0) is 11.2 Å². The number of aromatic nitrogens is 3. The standard InChI is InChI=1S/C20H26N4O/c1-2-18-21-11-13-24(18)19-10-4-9-17(22-19)16-8-5-12-23(14-16)20(25)15-6-3-7-15/h4,9-11,13,15-16H,2-3,5-8,12,14H2,1H3. The molecule has 1 aliphatic heterocycles. The molecule has 0 N–H and O–H groups in total. The van der Waals surface area contributed by atoms with Gasteiger partial charge >= 0.3 is 0 Å². The van der Waals surface area contributed by atoms with Crippen LogP contribution in [-0.4, -0.2) is 38.4 Å². The van der Waals surface area contributed by atoms with Gasteiger partial charge in [-0.1, -0.05) is 19.4 Å². The van der Waals surface area contributed by atoms with E-state index in [9.17, 15) is 4.79 Å². The Balaban J connectivity index is 1.53. The van der Waals surface area contributed by atoms with Crippen molar-refractivity contribution in [1.29, 1.82) is 0 Å². The summed E-state index contributed by atoms with van der Waals surface area (Å²) in [5.74, 6) is 2.95. The minimum atomic E-state index is 0.288. The van der Waals surface area contributed by atoms with E-state index in [1.807, 2.05) is 18.5 Å². The average molecular weight is 338 g/mol. The first kappa shape index (κ1) is 16.3. The van der Waals surface area contributed by atoms with Crippen LogP contribution in [0.15, 0.2) is 30.6 Å². The third kappa shape index (κ3) is 3.20. The first-order chi connectivity index (χ1) is 12.3. The topological polar surface area (TPSA) is 51.0 Å². The van der Waals surface area contributed by atoms with Gasteiger partial charge in [-0.15, -0.1) is 0 Å². The van der Waals surface area contributed by atoms with E-state index in [4.69, 9.17) is 4.98 Å². The van der Waals surface area contributed by atoms with Crippen molar-refractivity contribution in [2.45, 2.75) is 51.4 Å². The van der Waals surface area contributed by atoms with Crippen molar-refractivity contribution < 1.29 is 4.79 Å². The number of likely N-dealkylation sites (tertiary alicyclic amines) is 1. The van der Waals surface area contributed by atoms with E-state index >= 15 is 0 Å². The number of piperidine rings is 1. The van der Waals surface area contributed by atoms with E-state index in [0.717, 1.165) is 62.5 Å². The van der Waals surface area contributed by atoms with Gasteiger partial charge in [-0.3, -0.25) is 9.36 Å². The molecule has 2 aromatic rings. The van der Waals surface area contributed by atoms with Gasteiger partial charge in [-0.25, -0.2) is 9.97 Å². The van der Waals surface area contributed by atoms with Gasteiger partial charge in [0.15, 0.2) is 0 Å². The maximum atomic E-state index is 12.6. The molecule has 0 bridgehead atoms. The van der Waals surface area contributed by atoms with Crippen LogP contribution >= 0.6 is 0 Å². The molecule has 1 saturated heterocycles. The Hall–Kier alpha value is -2.17. The molecule has 3 heterocycles. The first-order valence-corrected chi connectivity index (χ1v) is 9.54.